The van der Waals surface area contributed by atoms with Crippen LogP contribution in [0.25, 0.3) is 11.3 Å². The Hall–Kier alpha value is -4.29. The van der Waals surface area contributed by atoms with Gasteiger partial charge in [0.1, 0.15) is 24.4 Å². The van der Waals surface area contributed by atoms with Crippen molar-refractivity contribution in [3.63, 3.8) is 0 Å². The summed E-state index contributed by atoms with van der Waals surface area (Å²) in [4.78, 5) is 56.9. The Morgan fingerprint density at radius 1 is 1.07 bits per heavy atom. The van der Waals surface area contributed by atoms with Gasteiger partial charge in [-0.3, -0.25) is 14.4 Å². The minimum atomic E-state index is -1.20. The van der Waals surface area contributed by atoms with Gasteiger partial charge in [0.15, 0.2) is 5.13 Å². The van der Waals surface area contributed by atoms with Crippen LogP contribution < -0.4 is 16.0 Å². The quantitative estimate of drug-likeness (QED) is 0.259. The van der Waals surface area contributed by atoms with Crippen molar-refractivity contribution in [1.82, 2.24) is 20.5 Å². The maximum absolute atomic E-state index is 13.6. The number of aliphatic hydroxyl groups is 1. The van der Waals surface area contributed by atoms with E-state index in [4.69, 9.17) is 4.74 Å². The van der Waals surface area contributed by atoms with Gasteiger partial charge in [-0.25, -0.2) is 9.78 Å². The molecule has 4 N–H and O–H groups in total. The van der Waals surface area contributed by atoms with E-state index in [1.165, 1.54) is 18.3 Å². The molecule has 11 nitrogen and oxygen atoms in total. The second-order valence-electron chi connectivity index (χ2n) is 11.0. The standard InChI is InChI=1S/C30H35N5O6S/c1-18(35(17-36)27(39)24(20-8-6-5-7-9-20)33-29(40)41-30(2,3)4)25(37)34-28-32-23(16-42-28)19-10-12-21(13-11-19)26(38)31-22-14-15-22/h5-13,16,18,22,24,36H,14-15,17H2,1-4H3,(H,31,38)(H,33,40)(H,32,34,37)/t18-,24+/m0/s1. The summed E-state index contributed by atoms with van der Waals surface area (Å²) in [7, 11) is 0. The van der Waals surface area contributed by atoms with Crippen molar-refractivity contribution in [2.45, 2.75) is 64.3 Å². The number of aliphatic hydroxyl groups excluding tert-OH is 1. The van der Waals surface area contributed by atoms with E-state index in [1.54, 1.807) is 80.7 Å². The lowest BCUT2D eigenvalue weighted by molar-refractivity contribution is -0.144. The zero-order valence-electron chi connectivity index (χ0n) is 23.9. The van der Waals surface area contributed by atoms with Gasteiger partial charge in [-0.15, -0.1) is 11.3 Å². The van der Waals surface area contributed by atoms with Gasteiger partial charge in [0, 0.05) is 22.5 Å². The summed E-state index contributed by atoms with van der Waals surface area (Å²) in [6.07, 6.45) is 1.21. The molecule has 0 aliphatic heterocycles. The van der Waals surface area contributed by atoms with E-state index >= 15 is 0 Å². The number of nitrogens with zero attached hydrogens (tertiary/aromatic N) is 2. The molecule has 222 valence electrons. The minimum Gasteiger partial charge on any atom is -0.444 e. The summed E-state index contributed by atoms with van der Waals surface area (Å²) in [6, 6.07) is 13.5. The number of carbonyl (C=O) groups is 4. The van der Waals surface area contributed by atoms with Crippen LogP contribution in [0.3, 0.4) is 0 Å². The predicted octanol–water partition coefficient (Wildman–Crippen LogP) is 4.07. The summed E-state index contributed by atoms with van der Waals surface area (Å²) < 4.78 is 5.33. The fourth-order valence-corrected chi connectivity index (χ4v) is 4.73. The van der Waals surface area contributed by atoms with Gasteiger partial charge in [0.25, 0.3) is 11.8 Å². The Balaban J connectivity index is 1.43. The molecule has 4 rings (SSSR count). The van der Waals surface area contributed by atoms with E-state index in [2.05, 4.69) is 20.9 Å². The first-order valence-electron chi connectivity index (χ1n) is 13.6. The Kier molecular flexibility index (Phi) is 9.59. The van der Waals surface area contributed by atoms with Crippen LogP contribution in [0.15, 0.2) is 60.0 Å². The topological polar surface area (TPSA) is 150 Å². The molecule has 2 aromatic carbocycles. The predicted molar refractivity (Wildman–Crippen MR) is 159 cm³/mol. The molecule has 0 spiro atoms. The molecular formula is C30H35N5O6S. The van der Waals surface area contributed by atoms with Crippen LogP contribution in [0.4, 0.5) is 9.93 Å². The highest BCUT2D eigenvalue weighted by Gasteiger charge is 2.34. The van der Waals surface area contributed by atoms with E-state index in [9.17, 15) is 24.3 Å². The molecule has 1 aliphatic carbocycles. The van der Waals surface area contributed by atoms with Gasteiger partial charge in [-0.2, -0.15) is 0 Å². The number of aromatic nitrogens is 1. The molecule has 0 radical (unpaired) electrons. The Morgan fingerprint density at radius 3 is 2.33 bits per heavy atom. The smallest absolute Gasteiger partial charge is 0.408 e. The lowest BCUT2D eigenvalue weighted by Crippen LogP contribution is -2.51. The van der Waals surface area contributed by atoms with Crippen LogP contribution in [0.2, 0.25) is 0 Å². The molecule has 3 aromatic rings. The van der Waals surface area contributed by atoms with Crippen molar-refractivity contribution in [1.29, 1.82) is 0 Å². The molecule has 0 bridgehead atoms. The summed E-state index contributed by atoms with van der Waals surface area (Å²) in [5.74, 6) is -1.37. The summed E-state index contributed by atoms with van der Waals surface area (Å²) >= 11 is 1.20. The molecule has 1 aliphatic rings. The number of thiazole rings is 1. The van der Waals surface area contributed by atoms with Crippen molar-refractivity contribution < 1.29 is 29.0 Å². The molecule has 2 atom stereocenters. The first-order chi connectivity index (χ1) is 19.9. The third-order valence-corrected chi connectivity index (χ3v) is 7.17. The number of alkyl carbamates (subject to hydrolysis) is 1. The summed E-state index contributed by atoms with van der Waals surface area (Å²) in [5, 5.41) is 20.4. The van der Waals surface area contributed by atoms with Crippen molar-refractivity contribution in [3.8, 4) is 11.3 Å². The SMILES string of the molecule is C[C@@H](C(=O)Nc1nc(-c2ccc(C(=O)NC3CC3)cc2)cs1)N(CO)C(=O)[C@H](NC(=O)OC(C)(C)C)c1ccccc1. The highest BCUT2D eigenvalue weighted by Crippen LogP contribution is 2.26. The maximum atomic E-state index is 13.6. The third-order valence-electron chi connectivity index (χ3n) is 6.41. The normalized spacial score (nSPS) is 14.3. The molecule has 12 heteroatoms. The summed E-state index contributed by atoms with van der Waals surface area (Å²) in [6.45, 7) is 5.80. The first kappa shape index (κ1) is 30.7. The van der Waals surface area contributed by atoms with Crippen molar-refractivity contribution in [3.05, 3.63) is 71.1 Å². The van der Waals surface area contributed by atoms with E-state index in [1.807, 2.05) is 0 Å². The lowest BCUT2D eigenvalue weighted by atomic mass is 10.0. The minimum absolute atomic E-state index is 0.108. The van der Waals surface area contributed by atoms with Crippen molar-refractivity contribution in [2.75, 3.05) is 12.0 Å². The number of nitrogens with one attached hydrogen (secondary N) is 3. The van der Waals surface area contributed by atoms with Crippen LogP contribution in [0.1, 0.15) is 62.5 Å². The van der Waals surface area contributed by atoms with E-state index in [0.717, 1.165) is 23.3 Å². The fourth-order valence-electron chi connectivity index (χ4n) is 4.01. The molecule has 4 amide bonds. The van der Waals surface area contributed by atoms with Crippen LogP contribution in [-0.2, 0) is 14.3 Å². The Bertz CT molecular complexity index is 1420. The molecule has 0 saturated heterocycles. The number of hydrogen-bond donors (Lipinski definition) is 4. The molecule has 1 saturated carbocycles. The number of rotatable bonds is 10. The zero-order chi connectivity index (χ0) is 30.4. The highest BCUT2D eigenvalue weighted by molar-refractivity contribution is 7.14. The second kappa shape index (κ2) is 13.1. The van der Waals surface area contributed by atoms with E-state index in [-0.39, 0.29) is 11.9 Å². The van der Waals surface area contributed by atoms with Crippen molar-refractivity contribution >= 4 is 40.3 Å². The monoisotopic (exact) mass is 593 g/mol. The molecule has 1 aromatic heterocycles. The molecule has 1 fully saturated rings. The number of amides is 4. The van der Waals surface area contributed by atoms with Crippen molar-refractivity contribution in [2.24, 2.45) is 0 Å². The molecule has 0 unspecified atom stereocenters. The number of carbonyl (C=O) groups excluding carboxylic acids is 4. The van der Waals surface area contributed by atoms with Gasteiger partial charge in [-0.05, 0) is 58.2 Å². The zero-order valence-corrected chi connectivity index (χ0v) is 24.7. The lowest BCUT2D eigenvalue weighted by Gasteiger charge is -2.31. The number of ether oxygens (including phenoxy) is 1. The van der Waals surface area contributed by atoms with Gasteiger partial charge < -0.3 is 30.7 Å². The number of benzene rings is 2. The van der Waals surface area contributed by atoms with Crippen LogP contribution >= 0.6 is 11.3 Å². The van der Waals surface area contributed by atoms with Gasteiger partial charge in [0.05, 0.1) is 5.69 Å². The van der Waals surface area contributed by atoms with Crippen LogP contribution in [-0.4, -0.2) is 63.2 Å². The first-order valence-corrected chi connectivity index (χ1v) is 14.5. The molecule has 42 heavy (non-hydrogen) atoms. The Morgan fingerprint density at radius 2 is 1.74 bits per heavy atom. The maximum Gasteiger partial charge on any atom is 0.408 e. The van der Waals surface area contributed by atoms with E-state index < -0.39 is 42.3 Å². The van der Waals surface area contributed by atoms with Gasteiger partial charge in [-0.1, -0.05) is 42.5 Å². The number of hydrogen-bond acceptors (Lipinski definition) is 8. The average Bonchev–Trinajstić information content (AvgIpc) is 3.65. The average molecular weight is 594 g/mol. The second-order valence-corrected chi connectivity index (χ2v) is 11.8. The molecule has 1 heterocycles. The van der Waals surface area contributed by atoms with Gasteiger partial charge in [0.2, 0.25) is 5.91 Å². The van der Waals surface area contributed by atoms with Gasteiger partial charge >= 0.3 is 6.09 Å². The van der Waals surface area contributed by atoms with E-state index in [0.29, 0.717) is 22.0 Å². The van der Waals surface area contributed by atoms with Crippen LogP contribution in [0.5, 0.6) is 0 Å². The molecular weight excluding hydrogens is 558 g/mol. The Labute approximate surface area is 248 Å². The third kappa shape index (κ3) is 8.14. The largest absolute Gasteiger partial charge is 0.444 e. The fraction of sp³-hybridized carbons (Fsp3) is 0.367. The van der Waals surface area contributed by atoms with Crippen LogP contribution in [0, 0.1) is 0 Å². The number of anilines is 1. The summed E-state index contributed by atoms with van der Waals surface area (Å²) in [5.41, 5.74) is 1.61. The highest BCUT2D eigenvalue weighted by atomic mass is 32.1.